The summed E-state index contributed by atoms with van der Waals surface area (Å²) in [5.41, 5.74) is 8.42. The van der Waals surface area contributed by atoms with Gasteiger partial charge in [0.2, 0.25) is 5.95 Å². The summed E-state index contributed by atoms with van der Waals surface area (Å²) in [6.07, 6.45) is 2.09. The van der Waals surface area contributed by atoms with Crippen LogP contribution in [-0.4, -0.2) is 25.8 Å². The van der Waals surface area contributed by atoms with Gasteiger partial charge in [-0.3, -0.25) is 0 Å². The molecule has 1 saturated carbocycles. The summed E-state index contributed by atoms with van der Waals surface area (Å²) in [5, 5.41) is 8.24. The largest absolute Gasteiger partial charge is 0.383 e. The molecule has 5 rings (SSSR count). The summed E-state index contributed by atoms with van der Waals surface area (Å²) < 4.78 is 28.5. The zero-order chi connectivity index (χ0) is 20.1. The van der Waals surface area contributed by atoms with Crippen molar-refractivity contribution in [2.45, 2.75) is 18.9 Å². The molecule has 4 aromatic rings. The van der Waals surface area contributed by atoms with E-state index in [1.165, 1.54) is 28.9 Å². The van der Waals surface area contributed by atoms with E-state index < -0.39 is 5.82 Å². The molecule has 0 radical (unpaired) electrons. The molecule has 146 valence electrons. The number of hydrogen-bond acceptors (Lipinski definition) is 5. The van der Waals surface area contributed by atoms with E-state index in [1.54, 1.807) is 18.2 Å². The fourth-order valence-corrected chi connectivity index (χ4v) is 3.30. The average Bonchev–Trinajstić information content (AvgIpc) is 3.46. The van der Waals surface area contributed by atoms with Crippen LogP contribution in [0.4, 0.5) is 20.5 Å². The molecule has 0 spiro atoms. The van der Waals surface area contributed by atoms with E-state index in [9.17, 15) is 8.78 Å². The Bertz CT molecular complexity index is 1230. The van der Waals surface area contributed by atoms with Crippen LogP contribution >= 0.6 is 11.6 Å². The highest BCUT2D eigenvalue weighted by Gasteiger charge is 2.25. The molecular formula is C20H15ClF2N6. The molecule has 0 amide bonds. The van der Waals surface area contributed by atoms with E-state index in [0.29, 0.717) is 45.8 Å². The summed E-state index contributed by atoms with van der Waals surface area (Å²) in [6, 6.07) is 10.5. The van der Waals surface area contributed by atoms with Crippen molar-refractivity contribution < 1.29 is 8.78 Å². The van der Waals surface area contributed by atoms with Gasteiger partial charge in [-0.15, -0.1) is 5.10 Å². The number of hydrogen-bond donors (Lipinski definition) is 2. The van der Waals surface area contributed by atoms with Gasteiger partial charge in [0.05, 0.1) is 21.8 Å². The Morgan fingerprint density at radius 3 is 2.52 bits per heavy atom. The van der Waals surface area contributed by atoms with E-state index in [1.807, 2.05) is 0 Å². The molecule has 0 bridgehead atoms. The number of nitrogens with zero attached hydrogens (tertiary/aromatic N) is 4. The second-order valence-corrected chi connectivity index (χ2v) is 7.32. The first-order chi connectivity index (χ1) is 14.0. The molecule has 29 heavy (non-hydrogen) atoms. The van der Waals surface area contributed by atoms with Gasteiger partial charge in [0.15, 0.2) is 5.65 Å². The van der Waals surface area contributed by atoms with E-state index in [4.69, 9.17) is 17.3 Å². The van der Waals surface area contributed by atoms with Crippen molar-refractivity contribution in [2.75, 3.05) is 11.1 Å². The lowest BCUT2D eigenvalue weighted by atomic mass is 10.1. The Morgan fingerprint density at radius 1 is 1.07 bits per heavy atom. The first-order valence-electron chi connectivity index (χ1n) is 9.04. The van der Waals surface area contributed by atoms with Gasteiger partial charge >= 0.3 is 0 Å². The number of nitrogens with one attached hydrogen (secondary N) is 1. The minimum atomic E-state index is -0.521. The predicted molar refractivity (Wildman–Crippen MR) is 108 cm³/mol. The lowest BCUT2D eigenvalue weighted by molar-refractivity contribution is 0.627. The van der Waals surface area contributed by atoms with Gasteiger partial charge in [-0.25, -0.2) is 18.4 Å². The molecule has 0 aliphatic heterocycles. The van der Waals surface area contributed by atoms with Crippen molar-refractivity contribution >= 4 is 34.4 Å². The zero-order valence-corrected chi connectivity index (χ0v) is 15.8. The Balaban J connectivity index is 1.74. The van der Waals surface area contributed by atoms with Gasteiger partial charge < -0.3 is 11.1 Å². The second kappa shape index (κ2) is 6.66. The molecule has 3 N–H and O–H groups in total. The fourth-order valence-electron chi connectivity index (χ4n) is 3.12. The van der Waals surface area contributed by atoms with Crippen molar-refractivity contribution in [1.29, 1.82) is 0 Å². The number of rotatable bonds is 4. The van der Waals surface area contributed by atoms with Crippen molar-refractivity contribution in [2.24, 2.45) is 0 Å². The average molecular weight is 413 g/mol. The monoisotopic (exact) mass is 412 g/mol. The molecule has 6 nitrogen and oxygen atoms in total. The van der Waals surface area contributed by atoms with E-state index in [0.717, 1.165) is 12.8 Å². The van der Waals surface area contributed by atoms with Crippen LogP contribution in [0, 0.1) is 11.6 Å². The highest BCUT2D eigenvalue weighted by molar-refractivity contribution is 6.31. The van der Waals surface area contributed by atoms with Crippen molar-refractivity contribution in [3.8, 4) is 16.9 Å². The lowest BCUT2D eigenvalue weighted by Crippen LogP contribution is -2.06. The van der Waals surface area contributed by atoms with Gasteiger partial charge in [-0.2, -0.15) is 4.98 Å². The molecular weight excluding hydrogens is 398 g/mol. The summed E-state index contributed by atoms with van der Waals surface area (Å²) >= 11 is 5.98. The number of benzene rings is 2. The molecule has 0 saturated heterocycles. The molecule has 0 unspecified atom stereocenters. The molecule has 1 aliphatic rings. The van der Waals surface area contributed by atoms with E-state index in [-0.39, 0.29) is 10.8 Å². The number of aromatic nitrogens is 4. The Kier molecular flexibility index (Phi) is 4.09. The third-order valence-electron chi connectivity index (χ3n) is 4.74. The third-order valence-corrected chi connectivity index (χ3v) is 5.03. The topological polar surface area (TPSA) is 81.7 Å². The van der Waals surface area contributed by atoms with Gasteiger partial charge in [0.1, 0.15) is 17.5 Å². The van der Waals surface area contributed by atoms with Crippen LogP contribution in [0.3, 0.4) is 0 Å². The molecule has 1 aliphatic carbocycles. The quantitative estimate of drug-likeness (QED) is 0.513. The molecule has 2 aromatic heterocycles. The summed E-state index contributed by atoms with van der Waals surface area (Å²) in [6.45, 7) is 0. The number of nitrogens with two attached hydrogens (primary N) is 1. The fraction of sp³-hybridized carbons (Fsp3) is 0.150. The first kappa shape index (κ1) is 17.8. The minimum absolute atomic E-state index is 0.0181. The normalized spacial score (nSPS) is 13.8. The zero-order valence-electron chi connectivity index (χ0n) is 15.0. The number of anilines is 2. The first-order valence-corrected chi connectivity index (χ1v) is 9.41. The Morgan fingerprint density at radius 2 is 1.83 bits per heavy atom. The summed E-state index contributed by atoms with van der Waals surface area (Å²) in [5.74, 6) is -0.173. The number of halogens is 3. The Hall–Kier alpha value is -3.26. The summed E-state index contributed by atoms with van der Waals surface area (Å²) in [7, 11) is 0. The second-order valence-electron chi connectivity index (χ2n) is 6.92. The SMILES string of the molecule is Nc1c2c(-c3ccc(F)c(Cl)c3)nc(NC3CC3)nc2nn1-c1ccc(F)cc1. The van der Waals surface area contributed by atoms with Crippen LogP contribution in [0.2, 0.25) is 5.02 Å². The Labute approximate surface area is 169 Å². The maximum absolute atomic E-state index is 13.7. The standard InChI is InChI=1S/C20H15ClF2N6/c21-14-9-10(1-8-15(14)23)17-16-18(24)29(13-6-2-11(22)3-7-13)28-19(16)27-20(26-17)25-12-4-5-12/h1-3,6-9,12H,4-5,24H2,(H,25,27,28). The van der Waals surface area contributed by atoms with Gasteiger partial charge in [-0.1, -0.05) is 11.6 Å². The van der Waals surface area contributed by atoms with Crippen LogP contribution in [0.25, 0.3) is 28.0 Å². The number of fused-ring (bicyclic) bond motifs is 1. The van der Waals surface area contributed by atoms with Crippen LogP contribution in [0.15, 0.2) is 42.5 Å². The predicted octanol–water partition coefficient (Wildman–Crippen LogP) is 4.57. The van der Waals surface area contributed by atoms with Crippen LogP contribution in [-0.2, 0) is 0 Å². The maximum atomic E-state index is 13.7. The minimum Gasteiger partial charge on any atom is -0.383 e. The molecule has 2 heterocycles. The summed E-state index contributed by atoms with van der Waals surface area (Å²) in [4.78, 5) is 9.10. The van der Waals surface area contributed by atoms with Crippen LogP contribution < -0.4 is 11.1 Å². The molecule has 9 heteroatoms. The lowest BCUT2D eigenvalue weighted by Gasteiger charge is -2.08. The number of nitrogen functional groups attached to an aromatic ring is 1. The highest BCUT2D eigenvalue weighted by Crippen LogP contribution is 2.35. The maximum Gasteiger partial charge on any atom is 0.225 e. The smallest absolute Gasteiger partial charge is 0.225 e. The van der Waals surface area contributed by atoms with E-state index in [2.05, 4.69) is 20.4 Å². The van der Waals surface area contributed by atoms with Crippen LogP contribution in [0.1, 0.15) is 12.8 Å². The van der Waals surface area contributed by atoms with E-state index >= 15 is 0 Å². The van der Waals surface area contributed by atoms with Crippen molar-refractivity contribution in [3.63, 3.8) is 0 Å². The molecule has 0 atom stereocenters. The highest BCUT2D eigenvalue weighted by atomic mass is 35.5. The van der Waals surface area contributed by atoms with Crippen LogP contribution in [0.5, 0.6) is 0 Å². The van der Waals surface area contributed by atoms with Gasteiger partial charge in [0, 0.05) is 11.6 Å². The van der Waals surface area contributed by atoms with Gasteiger partial charge in [-0.05, 0) is 55.3 Å². The van der Waals surface area contributed by atoms with Crippen molar-refractivity contribution in [3.05, 3.63) is 59.1 Å². The van der Waals surface area contributed by atoms with Gasteiger partial charge in [0.25, 0.3) is 0 Å². The van der Waals surface area contributed by atoms with Crippen molar-refractivity contribution in [1.82, 2.24) is 19.7 Å². The molecule has 2 aromatic carbocycles. The molecule has 1 fully saturated rings. The third kappa shape index (κ3) is 3.25.